The van der Waals surface area contributed by atoms with Crippen LogP contribution >= 0.6 is 0 Å². The zero-order valence-electron chi connectivity index (χ0n) is 19.0. The van der Waals surface area contributed by atoms with E-state index in [2.05, 4.69) is 60.5 Å². The topological polar surface area (TPSA) is 61.8 Å². The molecule has 0 spiro atoms. The maximum absolute atomic E-state index is 12.6. The molecule has 1 aliphatic heterocycles. The molecule has 5 nitrogen and oxygen atoms in total. The number of carbonyl (C=O) groups excluding carboxylic acids is 1. The summed E-state index contributed by atoms with van der Waals surface area (Å²) >= 11 is 0. The van der Waals surface area contributed by atoms with Crippen LogP contribution in [0.3, 0.4) is 0 Å². The van der Waals surface area contributed by atoms with Gasteiger partial charge in [-0.05, 0) is 68.7 Å². The smallest absolute Gasteiger partial charge is 0.234 e. The average Bonchev–Trinajstić information content (AvgIpc) is 2.75. The number of nitrogens with zero attached hydrogens (tertiary/aromatic N) is 1. The van der Waals surface area contributed by atoms with Crippen molar-refractivity contribution in [2.24, 2.45) is 0 Å². The van der Waals surface area contributed by atoms with Crippen LogP contribution in [0.4, 0.5) is 0 Å². The van der Waals surface area contributed by atoms with Gasteiger partial charge in [-0.2, -0.15) is 0 Å². The van der Waals surface area contributed by atoms with E-state index in [4.69, 9.17) is 4.74 Å². The molecule has 0 unspecified atom stereocenters. The van der Waals surface area contributed by atoms with Crippen molar-refractivity contribution in [2.45, 2.75) is 59.0 Å². The lowest BCUT2D eigenvalue weighted by Gasteiger charge is -2.24. The highest BCUT2D eigenvalue weighted by atomic mass is 16.5. The lowest BCUT2D eigenvalue weighted by Crippen LogP contribution is -2.37. The molecule has 0 saturated carbocycles. The number of aliphatic hydroxyl groups is 1. The minimum atomic E-state index is 0.0721. The van der Waals surface area contributed by atoms with Gasteiger partial charge in [-0.1, -0.05) is 35.9 Å². The highest BCUT2D eigenvalue weighted by Gasteiger charge is 2.17. The SMILES string of the molecule is Cc1ccc(CN2CC(=O)NCCCCCOc3ccc(CCCO)cc3C2)c(C)c1. The molecule has 2 aromatic rings. The lowest BCUT2D eigenvalue weighted by atomic mass is 10.0. The fourth-order valence-corrected chi connectivity index (χ4v) is 4.08. The Balaban J connectivity index is 1.88. The monoisotopic (exact) mass is 424 g/mol. The van der Waals surface area contributed by atoms with E-state index in [0.29, 0.717) is 32.8 Å². The summed E-state index contributed by atoms with van der Waals surface area (Å²) in [7, 11) is 0. The van der Waals surface area contributed by atoms with Crippen LogP contribution in [0.15, 0.2) is 36.4 Å². The second-order valence-electron chi connectivity index (χ2n) is 8.60. The Morgan fingerprint density at radius 3 is 2.74 bits per heavy atom. The van der Waals surface area contributed by atoms with Crippen molar-refractivity contribution in [3.63, 3.8) is 0 Å². The van der Waals surface area contributed by atoms with Crippen molar-refractivity contribution >= 4 is 5.91 Å². The Hall–Kier alpha value is -2.37. The number of benzene rings is 2. The molecule has 0 fully saturated rings. The van der Waals surface area contributed by atoms with Crippen LogP contribution in [0.2, 0.25) is 0 Å². The Kier molecular flexibility index (Phi) is 8.92. The van der Waals surface area contributed by atoms with Gasteiger partial charge in [0.1, 0.15) is 5.75 Å². The predicted molar refractivity (Wildman–Crippen MR) is 124 cm³/mol. The van der Waals surface area contributed by atoms with Gasteiger partial charge in [-0.3, -0.25) is 9.69 Å². The molecule has 2 aromatic carbocycles. The van der Waals surface area contributed by atoms with Gasteiger partial charge in [-0.25, -0.2) is 0 Å². The van der Waals surface area contributed by atoms with E-state index in [0.717, 1.165) is 43.4 Å². The maximum Gasteiger partial charge on any atom is 0.234 e. The molecule has 1 amide bonds. The molecule has 0 bridgehead atoms. The van der Waals surface area contributed by atoms with E-state index in [1.54, 1.807) is 0 Å². The molecular weight excluding hydrogens is 388 g/mol. The summed E-state index contributed by atoms with van der Waals surface area (Å²) in [6.07, 6.45) is 4.57. The van der Waals surface area contributed by atoms with Crippen molar-refractivity contribution in [3.05, 3.63) is 64.2 Å². The molecule has 1 heterocycles. The van der Waals surface area contributed by atoms with E-state index in [1.807, 2.05) is 0 Å². The average molecular weight is 425 g/mol. The number of aryl methyl sites for hydroxylation is 3. The predicted octanol–water partition coefficient (Wildman–Crippen LogP) is 3.91. The first kappa shape index (κ1) is 23.3. The first-order valence-corrected chi connectivity index (χ1v) is 11.5. The van der Waals surface area contributed by atoms with Crippen molar-refractivity contribution in [3.8, 4) is 5.75 Å². The normalized spacial score (nSPS) is 16.3. The summed E-state index contributed by atoms with van der Waals surface area (Å²) in [5, 5.41) is 12.3. The van der Waals surface area contributed by atoms with E-state index in [1.165, 1.54) is 22.3 Å². The zero-order chi connectivity index (χ0) is 22.1. The number of amides is 1. The van der Waals surface area contributed by atoms with Crippen LogP contribution in [0, 0.1) is 13.8 Å². The quantitative estimate of drug-likeness (QED) is 0.764. The third kappa shape index (κ3) is 7.37. The van der Waals surface area contributed by atoms with Crippen LogP contribution < -0.4 is 10.1 Å². The number of fused-ring (bicyclic) bond motifs is 1. The van der Waals surface area contributed by atoms with Gasteiger partial charge in [0.25, 0.3) is 0 Å². The molecule has 5 heteroatoms. The van der Waals surface area contributed by atoms with Crippen LogP contribution in [-0.4, -0.2) is 42.2 Å². The summed E-state index contributed by atoms with van der Waals surface area (Å²) in [6, 6.07) is 12.8. The highest BCUT2D eigenvalue weighted by Crippen LogP contribution is 2.25. The minimum Gasteiger partial charge on any atom is -0.493 e. The van der Waals surface area contributed by atoms with Crippen LogP contribution in [0.5, 0.6) is 5.75 Å². The maximum atomic E-state index is 12.6. The summed E-state index contributed by atoms with van der Waals surface area (Å²) in [5.74, 6) is 0.973. The van der Waals surface area contributed by atoms with E-state index >= 15 is 0 Å². The van der Waals surface area contributed by atoms with E-state index in [-0.39, 0.29) is 12.5 Å². The summed E-state index contributed by atoms with van der Waals surface area (Å²) < 4.78 is 6.14. The van der Waals surface area contributed by atoms with E-state index < -0.39 is 0 Å². The Bertz CT molecular complexity index is 866. The lowest BCUT2D eigenvalue weighted by molar-refractivity contribution is -0.122. The fourth-order valence-electron chi connectivity index (χ4n) is 4.08. The minimum absolute atomic E-state index is 0.0721. The van der Waals surface area contributed by atoms with Gasteiger partial charge in [0.2, 0.25) is 5.91 Å². The van der Waals surface area contributed by atoms with Gasteiger partial charge in [-0.15, -0.1) is 0 Å². The molecule has 0 saturated heterocycles. The van der Waals surface area contributed by atoms with Gasteiger partial charge in [0.05, 0.1) is 13.2 Å². The van der Waals surface area contributed by atoms with Crippen molar-refractivity contribution in [1.29, 1.82) is 0 Å². The second kappa shape index (κ2) is 11.9. The van der Waals surface area contributed by atoms with Crippen molar-refractivity contribution in [1.82, 2.24) is 10.2 Å². The molecular formula is C26H36N2O3. The largest absolute Gasteiger partial charge is 0.493 e. The number of carbonyl (C=O) groups is 1. The molecule has 168 valence electrons. The summed E-state index contributed by atoms with van der Waals surface area (Å²) in [4.78, 5) is 14.8. The molecule has 3 rings (SSSR count). The molecule has 0 radical (unpaired) electrons. The van der Waals surface area contributed by atoms with E-state index in [9.17, 15) is 9.90 Å². The van der Waals surface area contributed by atoms with Gasteiger partial charge < -0.3 is 15.2 Å². The number of hydrogen-bond acceptors (Lipinski definition) is 4. The zero-order valence-corrected chi connectivity index (χ0v) is 19.0. The Morgan fingerprint density at radius 2 is 1.94 bits per heavy atom. The molecule has 2 N–H and O–H groups in total. The van der Waals surface area contributed by atoms with Crippen molar-refractivity contribution in [2.75, 3.05) is 26.3 Å². The highest BCUT2D eigenvalue weighted by molar-refractivity contribution is 5.78. The number of nitrogens with one attached hydrogen (secondary N) is 1. The number of rotatable bonds is 5. The van der Waals surface area contributed by atoms with Crippen LogP contribution in [0.1, 0.15) is 53.5 Å². The standard InChI is InChI=1S/C26H36N2O3/c1-20-8-10-23(21(2)15-20)17-28-18-24-16-22(7-6-13-29)9-11-25(24)31-14-5-3-4-12-27-26(30)19-28/h8-11,15-16,29H,3-7,12-14,17-19H2,1-2H3,(H,27,30). The first-order chi connectivity index (χ1) is 15.0. The number of aliphatic hydroxyl groups excluding tert-OH is 1. The second-order valence-corrected chi connectivity index (χ2v) is 8.60. The fraction of sp³-hybridized carbons (Fsp3) is 0.500. The third-order valence-electron chi connectivity index (χ3n) is 5.80. The summed E-state index contributed by atoms with van der Waals surface area (Å²) in [5.41, 5.74) is 6.03. The molecule has 1 aliphatic rings. The number of ether oxygens (including phenoxy) is 1. The molecule has 0 aliphatic carbocycles. The third-order valence-corrected chi connectivity index (χ3v) is 5.80. The first-order valence-electron chi connectivity index (χ1n) is 11.5. The van der Waals surface area contributed by atoms with Crippen LogP contribution in [0.25, 0.3) is 0 Å². The number of hydrogen-bond donors (Lipinski definition) is 2. The van der Waals surface area contributed by atoms with Gasteiger partial charge in [0, 0.05) is 31.8 Å². The van der Waals surface area contributed by atoms with Gasteiger partial charge >= 0.3 is 0 Å². The van der Waals surface area contributed by atoms with Crippen molar-refractivity contribution < 1.29 is 14.6 Å². The molecule has 31 heavy (non-hydrogen) atoms. The van der Waals surface area contributed by atoms with Crippen LogP contribution in [-0.2, 0) is 24.3 Å². The Morgan fingerprint density at radius 1 is 1.06 bits per heavy atom. The van der Waals surface area contributed by atoms with Gasteiger partial charge in [0.15, 0.2) is 0 Å². The Labute approximate surface area is 186 Å². The molecule has 0 atom stereocenters. The molecule has 0 aromatic heterocycles. The summed E-state index contributed by atoms with van der Waals surface area (Å²) in [6.45, 7) is 7.53.